The molecule has 5 rings (SSSR count). The van der Waals surface area contributed by atoms with Crippen molar-refractivity contribution in [1.82, 2.24) is 0 Å². The molecule has 1 aliphatic heterocycles. The second-order valence-corrected chi connectivity index (χ2v) is 7.49. The Labute approximate surface area is 160 Å². The lowest BCUT2D eigenvalue weighted by atomic mass is 9.85. The van der Waals surface area contributed by atoms with Gasteiger partial charge in [0.25, 0.3) is 5.91 Å². The van der Waals surface area contributed by atoms with Gasteiger partial charge in [-0.1, -0.05) is 24.3 Å². The van der Waals surface area contributed by atoms with E-state index in [-0.39, 0.29) is 41.2 Å². The van der Waals surface area contributed by atoms with Gasteiger partial charge in [-0.3, -0.25) is 19.3 Å². The molecule has 3 aliphatic rings. The number of anilines is 2. The van der Waals surface area contributed by atoms with E-state index < -0.39 is 11.7 Å². The lowest BCUT2D eigenvalue weighted by Gasteiger charge is -2.17. The quantitative estimate of drug-likeness (QED) is 0.660. The minimum absolute atomic E-state index is 0.0947. The number of carbonyl (C=O) groups is 3. The Kier molecular flexibility index (Phi) is 3.69. The second kappa shape index (κ2) is 6.12. The van der Waals surface area contributed by atoms with Gasteiger partial charge in [0.2, 0.25) is 11.8 Å². The van der Waals surface area contributed by atoms with Crippen LogP contribution in [0.25, 0.3) is 0 Å². The van der Waals surface area contributed by atoms with Gasteiger partial charge in [-0.2, -0.15) is 0 Å². The molecule has 6 heteroatoms. The number of imide groups is 1. The van der Waals surface area contributed by atoms with Gasteiger partial charge in [-0.15, -0.1) is 0 Å². The highest BCUT2D eigenvalue weighted by atomic mass is 19.1. The fourth-order valence-corrected chi connectivity index (χ4v) is 4.68. The number of rotatable bonds is 3. The zero-order valence-electron chi connectivity index (χ0n) is 14.8. The third kappa shape index (κ3) is 2.41. The smallest absolute Gasteiger partial charge is 0.255 e. The summed E-state index contributed by atoms with van der Waals surface area (Å²) in [5.74, 6) is -1.50. The van der Waals surface area contributed by atoms with Crippen LogP contribution in [0.5, 0.6) is 0 Å². The summed E-state index contributed by atoms with van der Waals surface area (Å²) in [6.07, 6.45) is 4.99. The maximum atomic E-state index is 13.7. The molecule has 2 fully saturated rings. The van der Waals surface area contributed by atoms with E-state index >= 15 is 0 Å². The third-order valence-corrected chi connectivity index (χ3v) is 5.98. The Hall–Kier alpha value is -3.28. The van der Waals surface area contributed by atoms with Crippen molar-refractivity contribution in [2.75, 3.05) is 10.2 Å². The molecular formula is C22H17FN2O3. The van der Waals surface area contributed by atoms with Crippen molar-refractivity contribution >= 4 is 29.1 Å². The van der Waals surface area contributed by atoms with Crippen molar-refractivity contribution in [1.29, 1.82) is 0 Å². The zero-order chi connectivity index (χ0) is 19.4. The van der Waals surface area contributed by atoms with E-state index in [9.17, 15) is 18.8 Å². The van der Waals surface area contributed by atoms with Crippen LogP contribution in [0.2, 0.25) is 0 Å². The first-order chi connectivity index (χ1) is 13.5. The molecule has 0 aromatic heterocycles. The molecule has 28 heavy (non-hydrogen) atoms. The van der Waals surface area contributed by atoms with E-state index in [0.29, 0.717) is 11.3 Å². The van der Waals surface area contributed by atoms with Gasteiger partial charge in [0, 0.05) is 5.56 Å². The zero-order valence-corrected chi connectivity index (χ0v) is 14.8. The van der Waals surface area contributed by atoms with Crippen molar-refractivity contribution in [2.45, 2.75) is 6.42 Å². The number of nitrogens with zero attached hydrogens (tertiary/aromatic N) is 1. The van der Waals surface area contributed by atoms with Crippen LogP contribution in [0, 0.1) is 29.5 Å². The normalized spacial score (nSPS) is 27.4. The first kappa shape index (κ1) is 16.9. The number of hydrogen-bond acceptors (Lipinski definition) is 3. The van der Waals surface area contributed by atoms with Crippen molar-refractivity contribution in [2.24, 2.45) is 23.7 Å². The number of halogens is 1. The Morgan fingerprint density at radius 1 is 0.929 bits per heavy atom. The third-order valence-electron chi connectivity index (χ3n) is 5.98. The maximum Gasteiger partial charge on any atom is 0.255 e. The van der Waals surface area contributed by atoms with Gasteiger partial charge in [-0.05, 0) is 54.7 Å². The minimum atomic E-state index is -0.518. The molecule has 2 aromatic rings. The largest absolute Gasteiger partial charge is 0.319 e. The molecule has 3 amide bonds. The first-order valence-electron chi connectivity index (χ1n) is 9.26. The van der Waals surface area contributed by atoms with Gasteiger partial charge in [0.15, 0.2) is 0 Å². The summed E-state index contributed by atoms with van der Waals surface area (Å²) in [6, 6.07) is 12.2. The number of fused-ring (bicyclic) bond motifs is 5. The van der Waals surface area contributed by atoms with Crippen LogP contribution in [0.1, 0.15) is 16.8 Å². The molecule has 0 unspecified atom stereocenters. The molecule has 1 N–H and O–H groups in total. The number of hydrogen-bond donors (Lipinski definition) is 1. The number of amides is 3. The fraction of sp³-hybridized carbons (Fsp3) is 0.227. The average Bonchev–Trinajstić information content (AvgIpc) is 3.38. The van der Waals surface area contributed by atoms with E-state index in [1.165, 1.54) is 29.2 Å². The van der Waals surface area contributed by atoms with Crippen LogP contribution in [0.4, 0.5) is 15.8 Å². The van der Waals surface area contributed by atoms with Crippen LogP contribution >= 0.6 is 0 Å². The summed E-state index contributed by atoms with van der Waals surface area (Å²) in [6.45, 7) is 0. The molecular weight excluding hydrogens is 359 g/mol. The number of allylic oxidation sites excluding steroid dienone is 2. The predicted octanol–water partition coefficient (Wildman–Crippen LogP) is 3.39. The number of benzene rings is 2. The van der Waals surface area contributed by atoms with Crippen molar-refractivity contribution in [3.8, 4) is 0 Å². The summed E-state index contributed by atoms with van der Waals surface area (Å²) in [5, 5.41) is 2.52. The van der Waals surface area contributed by atoms with Crippen LogP contribution in [0.15, 0.2) is 60.7 Å². The first-order valence-corrected chi connectivity index (χ1v) is 9.26. The minimum Gasteiger partial charge on any atom is -0.319 e. The Morgan fingerprint density at radius 3 is 2.14 bits per heavy atom. The molecule has 0 spiro atoms. The van der Waals surface area contributed by atoms with Gasteiger partial charge < -0.3 is 5.32 Å². The lowest BCUT2D eigenvalue weighted by molar-refractivity contribution is -0.123. The Bertz CT molecular complexity index is 1000. The van der Waals surface area contributed by atoms with E-state index in [2.05, 4.69) is 17.5 Å². The number of nitrogens with one attached hydrogen (secondary N) is 1. The van der Waals surface area contributed by atoms with Crippen LogP contribution < -0.4 is 10.2 Å². The van der Waals surface area contributed by atoms with Crippen molar-refractivity contribution in [3.63, 3.8) is 0 Å². The van der Waals surface area contributed by atoms with E-state index in [1.807, 2.05) is 0 Å². The lowest BCUT2D eigenvalue weighted by Crippen LogP contribution is -2.32. The predicted molar refractivity (Wildman–Crippen MR) is 101 cm³/mol. The molecule has 1 heterocycles. The Morgan fingerprint density at radius 2 is 1.54 bits per heavy atom. The van der Waals surface area contributed by atoms with Crippen molar-refractivity contribution in [3.05, 3.63) is 72.1 Å². The van der Waals surface area contributed by atoms with Crippen LogP contribution in [-0.4, -0.2) is 17.7 Å². The molecule has 2 bridgehead atoms. The second-order valence-electron chi connectivity index (χ2n) is 7.49. The summed E-state index contributed by atoms with van der Waals surface area (Å²) in [7, 11) is 0. The molecule has 4 atom stereocenters. The molecule has 1 saturated heterocycles. The number of carbonyl (C=O) groups excluding carboxylic acids is 3. The fourth-order valence-electron chi connectivity index (χ4n) is 4.68. The number of para-hydroxylation sites is 1. The summed E-state index contributed by atoms with van der Waals surface area (Å²) >= 11 is 0. The van der Waals surface area contributed by atoms with Gasteiger partial charge in [0.1, 0.15) is 5.82 Å². The highest BCUT2D eigenvalue weighted by Gasteiger charge is 2.59. The van der Waals surface area contributed by atoms with E-state index in [4.69, 9.17) is 0 Å². The molecule has 140 valence electrons. The monoisotopic (exact) mass is 376 g/mol. The topological polar surface area (TPSA) is 66.5 Å². The average molecular weight is 376 g/mol. The molecule has 5 nitrogen and oxygen atoms in total. The van der Waals surface area contributed by atoms with E-state index in [1.54, 1.807) is 24.3 Å². The molecule has 2 aromatic carbocycles. The highest BCUT2D eigenvalue weighted by molar-refractivity contribution is 6.23. The molecule has 1 saturated carbocycles. The highest BCUT2D eigenvalue weighted by Crippen LogP contribution is 2.53. The van der Waals surface area contributed by atoms with Gasteiger partial charge in [-0.25, -0.2) is 4.39 Å². The van der Waals surface area contributed by atoms with Crippen LogP contribution in [0.3, 0.4) is 0 Å². The van der Waals surface area contributed by atoms with Gasteiger partial charge in [0.05, 0.1) is 23.2 Å². The summed E-state index contributed by atoms with van der Waals surface area (Å²) in [4.78, 5) is 39.3. The molecule has 2 aliphatic carbocycles. The summed E-state index contributed by atoms with van der Waals surface area (Å²) < 4.78 is 13.7. The summed E-state index contributed by atoms with van der Waals surface area (Å²) in [5.41, 5.74) is 0.872. The van der Waals surface area contributed by atoms with Gasteiger partial charge >= 0.3 is 0 Å². The van der Waals surface area contributed by atoms with Crippen LogP contribution in [-0.2, 0) is 9.59 Å². The Balaban J connectivity index is 1.36. The standard InChI is InChI=1S/C22H17FN2O3/c23-16-3-1-2-4-17(16)24-20(26)12-7-9-15(10-8-12)25-21(27)18-13-5-6-14(11-13)19(18)22(25)28/h1-10,13-14,18-19H,11H2,(H,24,26)/t13-,14+,18-,19+. The van der Waals surface area contributed by atoms with E-state index in [0.717, 1.165) is 6.42 Å². The maximum absolute atomic E-state index is 13.7. The SMILES string of the molecule is O=C(Nc1ccccc1F)c1ccc(N2C(=O)[C@@H]3[C@H](C2=O)[C@@H]2C=C[C@H]3C2)cc1. The van der Waals surface area contributed by atoms with Crippen molar-refractivity contribution < 1.29 is 18.8 Å². The molecule has 0 radical (unpaired) electrons.